The van der Waals surface area contributed by atoms with Crippen molar-refractivity contribution in [3.05, 3.63) is 22.8 Å². The molecule has 0 bridgehead atoms. The minimum Gasteiger partial charge on any atom is -0.668 e. The molecule has 108 valence electrons. The van der Waals surface area contributed by atoms with E-state index in [4.69, 9.17) is 0 Å². The van der Waals surface area contributed by atoms with Crippen LogP contribution in [-0.4, -0.2) is 45.8 Å². The average Bonchev–Trinajstić information content (AvgIpc) is 2.63. The van der Waals surface area contributed by atoms with Crippen molar-refractivity contribution in [2.45, 2.75) is 24.1 Å². The van der Waals surface area contributed by atoms with E-state index in [-0.39, 0.29) is 29.1 Å². The number of hydrogen-bond donors (Lipinski definition) is 0. The van der Waals surface area contributed by atoms with E-state index in [1.165, 1.54) is 25.0 Å². The van der Waals surface area contributed by atoms with Crippen LogP contribution in [0.1, 0.15) is 19.3 Å². The third-order valence-electron chi connectivity index (χ3n) is 1.98. The molecule has 1 aliphatic carbocycles. The van der Waals surface area contributed by atoms with Gasteiger partial charge in [0.1, 0.15) is 0 Å². The van der Waals surface area contributed by atoms with Crippen molar-refractivity contribution in [3.8, 4) is 0 Å². The van der Waals surface area contributed by atoms with Gasteiger partial charge in [0.25, 0.3) is 0 Å². The Balaban J connectivity index is -0.000000106. The molecule has 0 saturated heterocycles. The summed E-state index contributed by atoms with van der Waals surface area (Å²) in [7, 11) is 8.86. The van der Waals surface area contributed by atoms with E-state index in [1.807, 2.05) is 7.05 Å². The van der Waals surface area contributed by atoms with Crippen molar-refractivity contribution in [1.82, 2.24) is 0 Å². The fourth-order valence-electron chi connectivity index (χ4n) is 1.35. The van der Waals surface area contributed by atoms with Gasteiger partial charge in [0.2, 0.25) is 0 Å². The van der Waals surface area contributed by atoms with E-state index >= 15 is 0 Å². The summed E-state index contributed by atoms with van der Waals surface area (Å²) in [4.78, 5) is 0.766. The Bertz CT molecular complexity index is 132. The number of halogens is 1. The van der Waals surface area contributed by atoms with Crippen LogP contribution in [0.5, 0.6) is 0 Å². The molecule has 0 amide bonds. The van der Waals surface area contributed by atoms with Crippen LogP contribution in [0.15, 0.2) is 0 Å². The number of rotatable bonds is 3. The monoisotopic (exact) mass is 373 g/mol. The summed E-state index contributed by atoms with van der Waals surface area (Å²) in [5, 5.41) is 7.00. The second-order valence-corrected chi connectivity index (χ2v) is 5.71. The molecule has 1 fully saturated rings. The van der Waals surface area contributed by atoms with Crippen molar-refractivity contribution in [2.24, 2.45) is 5.92 Å². The molecule has 0 aromatic heterocycles. The van der Waals surface area contributed by atoms with Gasteiger partial charge in [0.05, 0.1) is 0 Å². The quantitative estimate of drug-likeness (QED) is 0.300. The molecular weight excluding hydrogens is 346 g/mol. The normalized spacial score (nSPS) is 20.3. The maximum atomic E-state index is 4.03. The molecule has 2 atom stereocenters. The molecule has 18 heavy (non-hydrogen) atoms. The van der Waals surface area contributed by atoms with Crippen LogP contribution in [0.4, 0.5) is 0 Å². The molecule has 0 heterocycles. The molecule has 0 radical (unpaired) electrons. The molecule has 0 spiro atoms. The van der Waals surface area contributed by atoms with E-state index in [0.717, 1.165) is 10.7 Å². The minimum atomic E-state index is 0. The summed E-state index contributed by atoms with van der Waals surface area (Å²) in [6.45, 7) is 0. The van der Waals surface area contributed by atoms with Crippen LogP contribution in [0.25, 0.3) is 15.4 Å². The molecule has 6 heteroatoms. The van der Waals surface area contributed by atoms with E-state index in [0.29, 0.717) is 0 Å². The van der Waals surface area contributed by atoms with Gasteiger partial charge in [-0.1, -0.05) is 22.4 Å². The summed E-state index contributed by atoms with van der Waals surface area (Å²) in [6.07, 6.45) is 4.14. The van der Waals surface area contributed by atoms with Crippen LogP contribution in [0, 0.1) is 13.3 Å². The predicted molar refractivity (Wildman–Crippen MR) is 88.6 cm³/mol. The van der Waals surface area contributed by atoms with Crippen molar-refractivity contribution in [1.29, 1.82) is 0 Å². The van der Waals surface area contributed by atoms with Gasteiger partial charge in [-0.05, 0) is 24.5 Å². The summed E-state index contributed by atoms with van der Waals surface area (Å²) >= 11 is 5.38. The number of nitrogens with zero attached hydrogens (tertiary/aromatic N) is 3. The molecule has 0 N–H and O–H groups in total. The first-order valence-electron chi connectivity index (χ1n) is 5.48. The Morgan fingerprint density at radius 1 is 1.06 bits per heavy atom. The molecule has 2 unspecified atom stereocenters. The van der Waals surface area contributed by atoms with Crippen LogP contribution >= 0.6 is 27.9 Å². The molecule has 0 aliphatic heterocycles. The summed E-state index contributed by atoms with van der Waals surface area (Å²) in [5.74, 6) is 2.07. The molecule has 3 nitrogen and oxygen atoms in total. The third-order valence-corrected chi connectivity index (χ3v) is 4.02. The zero-order valence-electron chi connectivity index (χ0n) is 12.6. The Labute approximate surface area is 143 Å². The topological polar surface area (TPSA) is 42.3 Å². The van der Waals surface area contributed by atoms with E-state index in [2.05, 4.69) is 31.3 Å². The predicted octanol–water partition coefficient (Wildman–Crippen LogP) is 4.89. The maximum absolute atomic E-state index is 4.03. The van der Waals surface area contributed by atoms with Gasteiger partial charge in [0, 0.05) is 4.83 Å². The molecule has 1 aliphatic rings. The zero-order valence-corrected chi connectivity index (χ0v) is 16.6. The van der Waals surface area contributed by atoms with E-state index < -0.39 is 0 Å². The van der Waals surface area contributed by atoms with Gasteiger partial charge >= 0.3 is 21.7 Å². The molecule has 1 saturated carbocycles. The SMILES string of the molecule is C[N-]C.C[N-]C.C[N-]SCC1CCCC1Br.[CH3-].[Ti+4]. The standard InChI is InChI=1S/C7H13BrNS.2C2H6N.CH3.Ti/c1-9-10-5-6-3-2-4-7(6)8;2*1-3-2;;/h6-7H,2-5H2,1H3;2*1-2H3;1H3;/q4*-1;+4. The molecule has 1 rings (SSSR count). The van der Waals surface area contributed by atoms with Crippen molar-refractivity contribution in [3.63, 3.8) is 0 Å². The average molecular weight is 374 g/mol. The first-order valence-corrected chi connectivity index (χ1v) is 7.34. The van der Waals surface area contributed by atoms with Crippen LogP contribution < -0.4 is 0 Å². The van der Waals surface area contributed by atoms with Gasteiger partial charge in [0.15, 0.2) is 0 Å². The minimum absolute atomic E-state index is 0. The Morgan fingerprint density at radius 2 is 1.50 bits per heavy atom. The number of hydrogen-bond acceptors (Lipinski definition) is 1. The van der Waals surface area contributed by atoms with E-state index in [1.54, 1.807) is 40.1 Å². The van der Waals surface area contributed by atoms with Crippen molar-refractivity contribution >= 4 is 27.9 Å². The summed E-state index contributed by atoms with van der Waals surface area (Å²) in [5.41, 5.74) is 0. The molecular formula is C12H28BrN3STi. The van der Waals surface area contributed by atoms with Gasteiger partial charge in [-0.25, -0.2) is 0 Å². The van der Waals surface area contributed by atoms with Crippen molar-refractivity contribution < 1.29 is 21.7 Å². The third kappa shape index (κ3) is 19.8. The van der Waals surface area contributed by atoms with Gasteiger partial charge < -0.3 is 22.8 Å². The Hall–Kier alpha value is 1.42. The first-order chi connectivity index (χ1) is 7.67. The maximum Gasteiger partial charge on any atom is 4.00 e. The number of alkyl halides is 1. The summed E-state index contributed by atoms with van der Waals surface area (Å²) in [6, 6.07) is 0. The smallest absolute Gasteiger partial charge is 0.668 e. The van der Waals surface area contributed by atoms with Crippen molar-refractivity contribution in [2.75, 3.05) is 41.0 Å². The Morgan fingerprint density at radius 3 is 1.78 bits per heavy atom. The summed E-state index contributed by atoms with van der Waals surface area (Å²) < 4.78 is 4.03. The van der Waals surface area contributed by atoms with Gasteiger partial charge in [-0.2, -0.15) is 35.2 Å². The zero-order chi connectivity index (χ0) is 12.8. The largest absolute Gasteiger partial charge is 4.00 e. The first kappa shape index (κ1) is 27.7. The van der Waals surface area contributed by atoms with Crippen LogP contribution in [-0.2, 0) is 21.7 Å². The van der Waals surface area contributed by atoms with E-state index in [9.17, 15) is 0 Å². The van der Waals surface area contributed by atoms with Gasteiger partial charge in [-0.15, -0.1) is 0 Å². The van der Waals surface area contributed by atoms with Crippen LogP contribution in [0.2, 0.25) is 0 Å². The van der Waals surface area contributed by atoms with Gasteiger partial charge in [-0.3, -0.25) is 11.9 Å². The van der Waals surface area contributed by atoms with Crippen LogP contribution in [0.3, 0.4) is 0 Å². The second kappa shape index (κ2) is 23.5. The molecule has 0 aromatic rings. The fraction of sp³-hybridized carbons (Fsp3) is 0.917. The Kier molecular flexibility index (Phi) is 36.2. The second-order valence-electron chi connectivity index (χ2n) is 3.58. The fourth-order valence-corrected chi connectivity index (χ4v) is 3.11. The molecule has 0 aromatic carbocycles.